The van der Waals surface area contributed by atoms with Gasteiger partial charge >= 0.3 is 0 Å². The van der Waals surface area contributed by atoms with Crippen molar-refractivity contribution in [2.45, 2.75) is 26.3 Å². The molecule has 4 heterocycles. The minimum Gasteiger partial charge on any atom is -0.472 e. The maximum atomic E-state index is 12.9. The van der Waals surface area contributed by atoms with Gasteiger partial charge < -0.3 is 14.2 Å². The quantitative estimate of drug-likeness (QED) is 0.856. The highest BCUT2D eigenvalue weighted by atomic mass is 32.1. The molecule has 4 rings (SSSR count). The first kappa shape index (κ1) is 15.4. The molecule has 1 atom stereocenters. The van der Waals surface area contributed by atoms with Gasteiger partial charge in [-0.2, -0.15) is 0 Å². The summed E-state index contributed by atoms with van der Waals surface area (Å²) in [6, 6.07) is 1.67. The Hall–Kier alpha value is -2.15. The van der Waals surface area contributed by atoms with Crippen LogP contribution in [0, 0.1) is 12.3 Å². The van der Waals surface area contributed by atoms with Gasteiger partial charge in [0.2, 0.25) is 5.91 Å². The SMILES string of the molecule is Cc1nc(CN2CCC3(CCN(C(=O)c4ccoc4)C3)C2=O)cs1. The van der Waals surface area contributed by atoms with Crippen LogP contribution in [0.3, 0.4) is 0 Å². The number of carbonyl (C=O) groups is 2. The summed E-state index contributed by atoms with van der Waals surface area (Å²) >= 11 is 1.60. The Kier molecular flexibility index (Phi) is 3.68. The van der Waals surface area contributed by atoms with Crippen LogP contribution >= 0.6 is 11.3 Å². The van der Waals surface area contributed by atoms with Crippen LogP contribution in [-0.2, 0) is 11.3 Å². The Morgan fingerprint density at radius 2 is 2.25 bits per heavy atom. The van der Waals surface area contributed by atoms with Crippen LogP contribution in [0.1, 0.15) is 33.9 Å². The number of aryl methyl sites for hydroxylation is 1. The maximum Gasteiger partial charge on any atom is 0.257 e. The second-order valence-electron chi connectivity index (χ2n) is 6.60. The molecule has 0 aromatic carbocycles. The fourth-order valence-electron chi connectivity index (χ4n) is 3.71. The molecule has 2 aliphatic rings. The van der Waals surface area contributed by atoms with Crippen molar-refractivity contribution < 1.29 is 14.0 Å². The second kappa shape index (κ2) is 5.73. The number of amides is 2. The number of thiazole rings is 1. The summed E-state index contributed by atoms with van der Waals surface area (Å²) in [5, 5.41) is 3.03. The fourth-order valence-corrected chi connectivity index (χ4v) is 4.32. The van der Waals surface area contributed by atoms with Crippen LogP contribution in [0.25, 0.3) is 0 Å². The number of carbonyl (C=O) groups excluding carboxylic acids is 2. The molecule has 1 spiro atoms. The third kappa shape index (κ3) is 2.53. The van der Waals surface area contributed by atoms with E-state index in [4.69, 9.17) is 4.42 Å². The molecular weight excluding hydrogens is 326 g/mol. The van der Waals surface area contributed by atoms with Crippen LogP contribution in [0.4, 0.5) is 0 Å². The van der Waals surface area contributed by atoms with E-state index < -0.39 is 5.41 Å². The van der Waals surface area contributed by atoms with E-state index >= 15 is 0 Å². The first-order valence-corrected chi connectivity index (χ1v) is 8.97. The van der Waals surface area contributed by atoms with Crippen LogP contribution in [-0.4, -0.2) is 46.2 Å². The third-order valence-electron chi connectivity index (χ3n) is 5.03. The molecule has 2 amide bonds. The van der Waals surface area contributed by atoms with E-state index in [2.05, 4.69) is 4.98 Å². The lowest BCUT2D eigenvalue weighted by atomic mass is 9.85. The van der Waals surface area contributed by atoms with Crippen LogP contribution in [0.2, 0.25) is 0 Å². The van der Waals surface area contributed by atoms with Crippen molar-refractivity contribution in [2.75, 3.05) is 19.6 Å². The van der Waals surface area contributed by atoms with Gasteiger partial charge in [0.05, 0.1) is 34.5 Å². The monoisotopic (exact) mass is 345 g/mol. The van der Waals surface area contributed by atoms with E-state index in [0.29, 0.717) is 25.2 Å². The summed E-state index contributed by atoms with van der Waals surface area (Å²) in [4.78, 5) is 33.5. The van der Waals surface area contributed by atoms with Gasteiger partial charge in [-0.15, -0.1) is 11.3 Å². The summed E-state index contributed by atoms with van der Waals surface area (Å²) < 4.78 is 4.99. The van der Waals surface area contributed by atoms with E-state index in [1.54, 1.807) is 22.3 Å². The molecule has 1 unspecified atom stereocenters. The minimum atomic E-state index is -0.412. The molecule has 0 N–H and O–H groups in total. The lowest BCUT2D eigenvalue weighted by molar-refractivity contribution is -0.135. The average molecular weight is 345 g/mol. The molecule has 0 radical (unpaired) electrons. The lowest BCUT2D eigenvalue weighted by Crippen LogP contribution is -2.38. The molecule has 6 nitrogen and oxygen atoms in total. The average Bonchev–Trinajstić information content (AvgIpc) is 3.34. The molecule has 2 saturated heterocycles. The Labute approximate surface area is 144 Å². The van der Waals surface area contributed by atoms with Crippen molar-refractivity contribution >= 4 is 23.2 Å². The first-order chi connectivity index (χ1) is 11.6. The summed E-state index contributed by atoms with van der Waals surface area (Å²) in [6.07, 6.45) is 4.50. The summed E-state index contributed by atoms with van der Waals surface area (Å²) in [6.45, 7) is 4.41. The molecule has 2 fully saturated rings. The number of hydrogen-bond donors (Lipinski definition) is 0. The molecule has 2 aliphatic heterocycles. The number of hydrogen-bond acceptors (Lipinski definition) is 5. The summed E-state index contributed by atoms with van der Waals surface area (Å²) in [5.41, 5.74) is 1.09. The largest absolute Gasteiger partial charge is 0.472 e. The van der Waals surface area contributed by atoms with Crippen LogP contribution in [0.5, 0.6) is 0 Å². The predicted octanol–water partition coefficient (Wildman–Crippen LogP) is 2.31. The zero-order valence-electron chi connectivity index (χ0n) is 13.5. The predicted molar refractivity (Wildman–Crippen MR) is 88.5 cm³/mol. The second-order valence-corrected chi connectivity index (χ2v) is 7.67. The molecule has 0 saturated carbocycles. The zero-order valence-corrected chi connectivity index (χ0v) is 14.3. The standard InChI is InChI=1S/C17H19N3O3S/c1-12-18-14(10-24-12)8-19-5-3-17(16(19)22)4-6-20(11-17)15(21)13-2-7-23-9-13/h2,7,9-10H,3-6,8,11H2,1H3. The van der Waals surface area contributed by atoms with Crippen LogP contribution in [0.15, 0.2) is 28.4 Å². The van der Waals surface area contributed by atoms with E-state index in [-0.39, 0.29) is 11.8 Å². The summed E-state index contributed by atoms with van der Waals surface area (Å²) in [5.74, 6) is 0.109. The number of rotatable bonds is 3. The molecule has 126 valence electrons. The van der Waals surface area contributed by atoms with Crippen molar-refractivity contribution in [1.82, 2.24) is 14.8 Å². The molecule has 0 bridgehead atoms. The minimum absolute atomic E-state index is 0.0537. The zero-order chi connectivity index (χ0) is 16.7. The smallest absolute Gasteiger partial charge is 0.257 e. The summed E-state index contributed by atoms with van der Waals surface area (Å²) in [7, 11) is 0. The van der Waals surface area contributed by atoms with Gasteiger partial charge in [-0.25, -0.2) is 4.98 Å². The van der Waals surface area contributed by atoms with Crippen molar-refractivity contribution in [3.8, 4) is 0 Å². The fraction of sp³-hybridized carbons (Fsp3) is 0.471. The Balaban J connectivity index is 1.45. The Morgan fingerprint density at radius 1 is 1.42 bits per heavy atom. The normalized spacial score (nSPS) is 23.6. The number of aromatic nitrogens is 1. The van der Waals surface area contributed by atoms with Crippen LogP contribution < -0.4 is 0 Å². The Morgan fingerprint density at radius 3 is 2.96 bits per heavy atom. The maximum absolute atomic E-state index is 12.9. The highest BCUT2D eigenvalue weighted by molar-refractivity contribution is 7.09. The van der Waals surface area contributed by atoms with Crippen molar-refractivity contribution in [1.29, 1.82) is 0 Å². The van der Waals surface area contributed by atoms with Gasteiger partial charge in [-0.1, -0.05) is 0 Å². The molecular formula is C17H19N3O3S. The van der Waals surface area contributed by atoms with E-state index in [9.17, 15) is 9.59 Å². The van der Waals surface area contributed by atoms with Gasteiger partial charge in [0.25, 0.3) is 5.91 Å². The molecule has 2 aromatic rings. The third-order valence-corrected chi connectivity index (χ3v) is 5.85. The molecule has 2 aromatic heterocycles. The highest BCUT2D eigenvalue weighted by Crippen LogP contribution is 2.41. The lowest BCUT2D eigenvalue weighted by Gasteiger charge is -2.23. The molecule has 7 heteroatoms. The Bertz CT molecular complexity index is 770. The first-order valence-electron chi connectivity index (χ1n) is 8.09. The van der Waals surface area contributed by atoms with Gasteiger partial charge in [0.15, 0.2) is 0 Å². The van der Waals surface area contributed by atoms with Gasteiger partial charge in [0.1, 0.15) is 6.26 Å². The van der Waals surface area contributed by atoms with Gasteiger partial charge in [-0.3, -0.25) is 9.59 Å². The van der Waals surface area contributed by atoms with Gasteiger partial charge in [-0.05, 0) is 25.8 Å². The number of nitrogens with zero attached hydrogens (tertiary/aromatic N) is 3. The van der Waals surface area contributed by atoms with Crippen molar-refractivity contribution in [2.24, 2.45) is 5.41 Å². The molecule has 24 heavy (non-hydrogen) atoms. The molecule has 0 aliphatic carbocycles. The van der Waals surface area contributed by atoms with Crippen molar-refractivity contribution in [3.63, 3.8) is 0 Å². The number of likely N-dealkylation sites (tertiary alicyclic amines) is 2. The van der Waals surface area contributed by atoms with Gasteiger partial charge in [0, 0.05) is 25.0 Å². The van der Waals surface area contributed by atoms with E-state index in [0.717, 1.165) is 30.1 Å². The topological polar surface area (TPSA) is 66.7 Å². The van der Waals surface area contributed by atoms with Crippen molar-refractivity contribution in [3.05, 3.63) is 40.2 Å². The highest BCUT2D eigenvalue weighted by Gasteiger charge is 2.51. The van der Waals surface area contributed by atoms with E-state index in [1.165, 1.54) is 12.5 Å². The van der Waals surface area contributed by atoms with E-state index in [1.807, 2.05) is 17.2 Å². The number of furan rings is 1.